The molecule has 0 aliphatic carbocycles. The van der Waals surface area contributed by atoms with Crippen LogP contribution >= 0.6 is 0 Å². The van der Waals surface area contributed by atoms with E-state index in [9.17, 15) is 0 Å². The van der Waals surface area contributed by atoms with E-state index in [1.807, 2.05) is 33.8 Å². The summed E-state index contributed by atoms with van der Waals surface area (Å²) in [5, 5.41) is 0. The molecule has 3 nitrogen and oxygen atoms in total. The molecular formula is C17H29NO2. The summed E-state index contributed by atoms with van der Waals surface area (Å²) in [5.41, 5.74) is 1.34. The zero-order valence-corrected chi connectivity index (χ0v) is 13.4. The molecule has 0 spiro atoms. The van der Waals surface area contributed by atoms with E-state index in [0.717, 1.165) is 17.9 Å². The van der Waals surface area contributed by atoms with E-state index >= 15 is 0 Å². The molecular weight excluding hydrogens is 250 g/mol. The lowest BCUT2D eigenvalue weighted by Crippen LogP contribution is -2.21. The Balaban J connectivity index is 0.000000461. The fourth-order valence-corrected chi connectivity index (χ4v) is 2.39. The highest BCUT2D eigenvalue weighted by Gasteiger charge is 2.14. The Hall–Kier alpha value is -1.22. The highest BCUT2D eigenvalue weighted by Crippen LogP contribution is 2.32. The molecule has 2 aliphatic rings. The van der Waals surface area contributed by atoms with Crippen molar-refractivity contribution in [3.8, 4) is 11.5 Å². The van der Waals surface area contributed by atoms with Crippen LogP contribution in [0, 0.1) is 0 Å². The molecule has 1 fully saturated rings. The second kappa shape index (κ2) is 9.65. The minimum atomic E-state index is 0.366. The third kappa shape index (κ3) is 4.71. The molecule has 0 radical (unpaired) electrons. The lowest BCUT2D eigenvalue weighted by molar-refractivity contribution is 0.174. The van der Waals surface area contributed by atoms with Gasteiger partial charge in [-0.1, -0.05) is 33.8 Å². The molecule has 2 heterocycles. The van der Waals surface area contributed by atoms with Crippen LogP contribution in [0.5, 0.6) is 11.5 Å². The second-order valence-corrected chi connectivity index (χ2v) is 4.49. The van der Waals surface area contributed by atoms with Gasteiger partial charge in [0.25, 0.3) is 0 Å². The summed E-state index contributed by atoms with van der Waals surface area (Å²) >= 11 is 0. The zero-order valence-electron chi connectivity index (χ0n) is 13.4. The number of hydrogen-bond donors (Lipinski definition) is 0. The molecule has 3 heteroatoms. The van der Waals surface area contributed by atoms with E-state index in [-0.39, 0.29) is 0 Å². The molecule has 1 saturated heterocycles. The number of hydrogen-bond acceptors (Lipinski definition) is 3. The maximum atomic E-state index is 5.38. The molecule has 0 N–H and O–H groups in total. The van der Waals surface area contributed by atoms with Gasteiger partial charge < -0.3 is 14.4 Å². The van der Waals surface area contributed by atoms with Gasteiger partial charge in [0.05, 0.1) is 0 Å². The molecule has 0 bridgehead atoms. The number of benzene rings is 1. The maximum Gasteiger partial charge on any atom is 0.231 e. The minimum Gasteiger partial charge on any atom is -0.454 e. The van der Waals surface area contributed by atoms with Crippen LogP contribution in [0.25, 0.3) is 0 Å². The van der Waals surface area contributed by atoms with Gasteiger partial charge in [-0.15, -0.1) is 0 Å². The van der Waals surface area contributed by atoms with Crippen molar-refractivity contribution < 1.29 is 9.47 Å². The van der Waals surface area contributed by atoms with Crippen molar-refractivity contribution in [2.24, 2.45) is 0 Å². The molecule has 1 aromatic rings. The maximum absolute atomic E-state index is 5.38. The molecule has 3 rings (SSSR count). The van der Waals surface area contributed by atoms with Gasteiger partial charge in [0.15, 0.2) is 11.5 Å². The standard InChI is InChI=1S/C13H17NO2.2C2H6/c1-2-7-14(6-1)8-5-11-3-4-12-13(9-11)16-10-15-12;2*1-2/h3-4,9H,1-2,5-8,10H2;2*1-2H3. The summed E-state index contributed by atoms with van der Waals surface area (Å²) in [4.78, 5) is 2.53. The fraction of sp³-hybridized carbons (Fsp3) is 0.647. The zero-order chi connectivity index (χ0) is 14.8. The van der Waals surface area contributed by atoms with Crippen LogP contribution in [0.4, 0.5) is 0 Å². The SMILES string of the molecule is CC.CC.c1cc2c(cc1CCN1CCCC1)OCO2. The van der Waals surface area contributed by atoms with Crippen molar-refractivity contribution in [2.45, 2.75) is 47.0 Å². The molecule has 0 amide bonds. The largest absolute Gasteiger partial charge is 0.454 e. The lowest BCUT2D eigenvalue weighted by Gasteiger charge is -2.14. The predicted molar refractivity (Wildman–Crippen MR) is 84.6 cm³/mol. The summed E-state index contributed by atoms with van der Waals surface area (Å²) in [6.07, 6.45) is 3.83. The Labute approximate surface area is 123 Å². The van der Waals surface area contributed by atoms with Crippen molar-refractivity contribution in [3.05, 3.63) is 23.8 Å². The monoisotopic (exact) mass is 279 g/mol. The first-order valence-corrected chi connectivity index (χ1v) is 8.03. The molecule has 1 aromatic carbocycles. The second-order valence-electron chi connectivity index (χ2n) is 4.49. The van der Waals surface area contributed by atoms with Crippen LogP contribution in [-0.4, -0.2) is 31.3 Å². The topological polar surface area (TPSA) is 21.7 Å². The van der Waals surface area contributed by atoms with Crippen LogP contribution in [0.3, 0.4) is 0 Å². The molecule has 0 aromatic heterocycles. The van der Waals surface area contributed by atoms with Crippen LogP contribution in [-0.2, 0) is 6.42 Å². The van der Waals surface area contributed by atoms with E-state index in [0.29, 0.717) is 6.79 Å². The number of likely N-dealkylation sites (tertiary alicyclic amines) is 1. The summed E-state index contributed by atoms with van der Waals surface area (Å²) in [7, 11) is 0. The van der Waals surface area contributed by atoms with Gasteiger partial charge >= 0.3 is 0 Å². The smallest absolute Gasteiger partial charge is 0.231 e. The van der Waals surface area contributed by atoms with E-state index in [1.165, 1.54) is 38.0 Å². The van der Waals surface area contributed by atoms with Gasteiger partial charge in [-0.3, -0.25) is 0 Å². The first-order chi connectivity index (χ1) is 9.92. The van der Waals surface area contributed by atoms with Crippen molar-refractivity contribution >= 4 is 0 Å². The number of fused-ring (bicyclic) bond motifs is 1. The van der Waals surface area contributed by atoms with Gasteiger partial charge in [-0.25, -0.2) is 0 Å². The third-order valence-corrected chi connectivity index (χ3v) is 3.35. The van der Waals surface area contributed by atoms with Gasteiger partial charge in [-0.2, -0.15) is 0 Å². The number of nitrogens with zero attached hydrogens (tertiary/aromatic N) is 1. The third-order valence-electron chi connectivity index (χ3n) is 3.35. The van der Waals surface area contributed by atoms with Crippen LogP contribution in [0.2, 0.25) is 0 Å². The van der Waals surface area contributed by atoms with Gasteiger partial charge in [0, 0.05) is 6.54 Å². The van der Waals surface area contributed by atoms with Gasteiger partial charge in [0.1, 0.15) is 0 Å². The van der Waals surface area contributed by atoms with E-state index in [1.54, 1.807) is 0 Å². The van der Waals surface area contributed by atoms with Crippen molar-refractivity contribution in [1.82, 2.24) is 4.90 Å². The fourth-order valence-electron chi connectivity index (χ4n) is 2.39. The molecule has 0 atom stereocenters. The van der Waals surface area contributed by atoms with E-state index < -0.39 is 0 Å². The Morgan fingerprint density at radius 3 is 2.30 bits per heavy atom. The van der Waals surface area contributed by atoms with Crippen molar-refractivity contribution in [3.63, 3.8) is 0 Å². The molecule has 2 aliphatic heterocycles. The Bertz CT molecular complexity index is 373. The van der Waals surface area contributed by atoms with Crippen LogP contribution in [0.1, 0.15) is 46.1 Å². The van der Waals surface area contributed by atoms with E-state index in [4.69, 9.17) is 9.47 Å². The summed E-state index contributed by atoms with van der Waals surface area (Å²) in [6.45, 7) is 12.1. The number of rotatable bonds is 3. The number of ether oxygens (including phenoxy) is 2. The van der Waals surface area contributed by atoms with Crippen LogP contribution in [0.15, 0.2) is 18.2 Å². The molecule has 0 unspecified atom stereocenters. The average Bonchev–Trinajstić information content (AvgIpc) is 3.20. The van der Waals surface area contributed by atoms with Gasteiger partial charge in [0.2, 0.25) is 6.79 Å². The minimum absolute atomic E-state index is 0.366. The first-order valence-electron chi connectivity index (χ1n) is 8.03. The molecule has 114 valence electrons. The lowest BCUT2D eigenvalue weighted by atomic mass is 10.1. The summed E-state index contributed by atoms with van der Waals surface area (Å²) in [5.74, 6) is 1.78. The van der Waals surface area contributed by atoms with Crippen LogP contribution < -0.4 is 9.47 Å². The highest BCUT2D eigenvalue weighted by atomic mass is 16.7. The summed E-state index contributed by atoms with van der Waals surface area (Å²) < 4.78 is 10.7. The predicted octanol–water partition coefficient (Wildman–Crippen LogP) is 4.11. The Kier molecular flexibility index (Phi) is 8.12. The van der Waals surface area contributed by atoms with Crippen molar-refractivity contribution in [1.29, 1.82) is 0 Å². The van der Waals surface area contributed by atoms with Gasteiger partial charge in [-0.05, 0) is 50.0 Å². The quantitative estimate of drug-likeness (QED) is 0.831. The Morgan fingerprint density at radius 1 is 0.950 bits per heavy atom. The average molecular weight is 279 g/mol. The van der Waals surface area contributed by atoms with Crippen molar-refractivity contribution in [2.75, 3.05) is 26.4 Å². The first kappa shape index (κ1) is 16.8. The summed E-state index contributed by atoms with van der Waals surface area (Å²) in [6, 6.07) is 6.27. The Morgan fingerprint density at radius 2 is 1.60 bits per heavy atom. The highest BCUT2D eigenvalue weighted by molar-refractivity contribution is 5.44. The molecule has 0 saturated carbocycles. The molecule has 20 heavy (non-hydrogen) atoms. The van der Waals surface area contributed by atoms with E-state index in [2.05, 4.69) is 17.0 Å². The normalized spacial score (nSPS) is 16.0.